The molecule has 152 valence electrons. The molecule has 1 fully saturated rings. The van der Waals surface area contributed by atoms with Crippen LogP contribution in [-0.4, -0.2) is 30.9 Å². The monoisotopic (exact) mass is 394 g/mol. The lowest BCUT2D eigenvalue weighted by atomic mass is 9.91. The summed E-state index contributed by atoms with van der Waals surface area (Å²) < 4.78 is 44.2. The molecule has 1 aromatic heterocycles. The number of benzene rings is 1. The molecule has 2 heterocycles. The van der Waals surface area contributed by atoms with Crippen molar-refractivity contribution in [1.29, 1.82) is 0 Å². The minimum atomic E-state index is -4.30. The number of rotatable bonds is 6. The van der Waals surface area contributed by atoms with Crippen LogP contribution in [0, 0.1) is 5.92 Å². The molecule has 0 radical (unpaired) electrons. The van der Waals surface area contributed by atoms with Gasteiger partial charge in [0.15, 0.2) is 5.76 Å². The van der Waals surface area contributed by atoms with Crippen molar-refractivity contribution >= 4 is 5.91 Å². The van der Waals surface area contributed by atoms with E-state index in [0.29, 0.717) is 24.6 Å². The van der Waals surface area contributed by atoms with Crippen molar-refractivity contribution in [3.63, 3.8) is 0 Å². The zero-order chi connectivity index (χ0) is 20.1. The Balaban J connectivity index is 1.52. The van der Waals surface area contributed by atoms with Crippen LogP contribution < -0.4 is 5.32 Å². The van der Waals surface area contributed by atoms with Crippen LogP contribution in [0.15, 0.2) is 40.8 Å². The van der Waals surface area contributed by atoms with Crippen LogP contribution in [0.3, 0.4) is 0 Å². The second-order valence-corrected chi connectivity index (χ2v) is 7.33. The molecule has 7 heteroatoms. The lowest BCUT2D eigenvalue weighted by molar-refractivity contribution is -0.137. The van der Waals surface area contributed by atoms with E-state index in [2.05, 4.69) is 10.2 Å². The van der Waals surface area contributed by atoms with Crippen LogP contribution in [-0.2, 0) is 19.1 Å². The van der Waals surface area contributed by atoms with Crippen LogP contribution in [0.5, 0.6) is 0 Å². The van der Waals surface area contributed by atoms with Crippen LogP contribution in [0.1, 0.15) is 46.7 Å². The van der Waals surface area contributed by atoms with Crippen molar-refractivity contribution in [2.75, 3.05) is 20.1 Å². The van der Waals surface area contributed by atoms with Crippen molar-refractivity contribution in [2.45, 2.75) is 38.4 Å². The van der Waals surface area contributed by atoms with Crippen LogP contribution in [0.2, 0.25) is 0 Å². The molecule has 1 N–H and O–H groups in total. The number of carbonyl (C=O) groups is 1. The number of alkyl halides is 3. The molecule has 0 spiro atoms. The van der Waals surface area contributed by atoms with Crippen molar-refractivity contribution in [3.8, 4) is 0 Å². The van der Waals surface area contributed by atoms with Gasteiger partial charge in [0.2, 0.25) is 0 Å². The van der Waals surface area contributed by atoms with E-state index >= 15 is 0 Å². The molecule has 1 atom stereocenters. The number of piperidine rings is 1. The fourth-order valence-electron chi connectivity index (χ4n) is 3.73. The number of amides is 1. The molecule has 4 nitrogen and oxygen atoms in total. The van der Waals surface area contributed by atoms with E-state index in [1.807, 2.05) is 6.07 Å². The maximum atomic E-state index is 12.9. The van der Waals surface area contributed by atoms with Crippen LogP contribution in [0.4, 0.5) is 13.2 Å². The summed E-state index contributed by atoms with van der Waals surface area (Å²) >= 11 is 0. The number of likely N-dealkylation sites (tertiary alicyclic amines) is 1. The summed E-state index contributed by atoms with van der Waals surface area (Å²) in [4.78, 5) is 13.9. The minimum absolute atomic E-state index is 0.246. The summed E-state index contributed by atoms with van der Waals surface area (Å²) in [5.41, 5.74) is 0.146. The molecule has 1 aliphatic rings. The average Bonchev–Trinajstić information content (AvgIpc) is 3.14. The Kier molecular flexibility index (Phi) is 6.44. The van der Waals surface area contributed by atoms with Gasteiger partial charge >= 0.3 is 6.18 Å². The summed E-state index contributed by atoms with van der Waals surface area (Å²) in [5, 5.41) is 2.53. The van der Waals surface area contributed by atoms with E-state index in [-0.39, 0.29) is 5.91 Å². The first-order valence-corrected chi connectivity index (χ1v) is 9.54. The van der Waals surface area contributed by atoms with E-state index in [1.165, 1.54) is 12.1 Å². The third kappa shape index (κ3) is 5.38. The fraction of sp³-hybridized carbons (Fsp3) is 0.476. The van der Waals surface area contributed by atoms with E-state index < -0.39 is 11.7 Å². The first kappa shape index (κ1) is 20.5. The molecule has 3 rings (SSSR count). The molecule has 0 unspecified atom stereocenters. The Bertz CT molecular complexity index is 801. The highest BCUT2D eigenvalue weighted by Crippen LogP contribution is 2.30. The molecule has 0 bridgehead atoms. The molecule has 2 aromatic rings. The zero-order valence-electron chi connectivity index (χ0n) is 15.9. The molecular formula is C21H25F3N2O2. The predicted octanol–water partition coefficient (Wildman–Crippen LogP) is 4.50. The van der Waals surface area contributed by atoms with E-state index in [1.54, 1.807) is 19.2 Å². The zero-order valence-corrected chi connectivity index (χ0v) is 15.9. The van der Waals surface area contributed by atoms with Crippen molar-refractivity contribution in [3.05, 3.63) is 59.0 Å². The number of hydrogen-bond acceptors (Lipinski definition) is 3. The van der Waals surface area contributed by atoms with Gasteiger partial charge in [-0.2, -0.15) is 13.2 Å². The van der Waals surface area contributed by atoms with Crippen molar-refractivity contribution in [1.82, 2.24) is 10.2 Å². The molecule has 1 aliphatic heterocycles. The molecule has 1 saturated heterocycles. The highest BCUT2D eigenvalue weighted by molar-refractivity contribution is 5.91. The van der Waals surface area contributed by atoms with Crippen LogP contribution >= 0.6 is 0 Å². The maximum Gasteiger partial charge on any atom is 0.416 e. The van der Waals surface area contributed by atoms with Gasteiger partial charge in [-0.1, -0.05) is 18.2 Å². The number of hydrogen-bond donors (Lipinski definition) is 1. The van der Waals surface area contributed by atoms with Gasteiger partial charge in [-0.05, 0) is 61.9 Å². The SMILES string of the molecule is CNC(=O)c1ccc(CN2CCC[C@H](CCc3cccc(C(F)(F)F)c3)C2)o1. The van der Waals surface area contributed by atoms with Crippen LogP contribution in [0.25, 0.3) is 0 Å². The standard InChI is InChI=1S/C21H25F3N2O2/c1-25-20(27)19-10-9-18(28-19)14-26-11-3-5-16(13-26)8-7-15-4-2-6-17(12-15)21(22,23)24/h2,4,6,9-10,12,16H,3,5,7-8,11,13-14H2,1H3,(H,25,27)/t16-/m1/s1. The Hall–Kier alpha value is -2.28. The number of carbonyl (C=O) groups excluding carboxylic acids is 1. The summed E-state index contributed by atoms with van der Waals surface area (Å²) in [6.07, 6.45) is -0.662. The smallest absolute Gasteiger partial charge is 0.416 e. The van der Waals surface area contributed by atoms with Gasteiger partial charge in [-0.3, -0.25) is 9.69 Å². The predicted molar refractivity (Wildman–Crippen MR) is 99.9 cm³/mol. The van der Waals surface area contributed by atoms with Crippen molar-refractivity contribution < 1.29 is 22.4 Å². The molecule has 0 aliphatic carbocycles. The summed E-state index contributed by atoms with van der Waals surface area (Å²) in [5.74, 6) is 1.24. The molecule has 28 heavy (non-hydrogen) atoms. The third-order valence-electron chi connectivity index (χ3n) is 5.19. The lowest BCUT2D eigenvalue weighted by Gasteiger charge is -2.32. The number of furan rings is 1. The quantitative estimate of drug-likeness (QED) is 0.785. The fourth-order valence-corrected chi connectivity index (χ4v) is 3.73. The minimum Gasteiger partial charge on any atom is -0.455 e. The van der Waals surface area contributed by atoms with Gasteiger partial charge in [0, 0.05) is 13.6 Å². The first-order valence-electron chi connectivity index (χ1n) is 9.54. The molecule has 1 aromatic carbocycles. The Morgan fingerprint density at radius 2 is 2.11 bits per heavy atom. The third-order valence-corrected chi connectivity index (χ3v) is 5.19. The highest BCUT2D eigenvalue weighted by Gasteiger charge is 2.30. The Labute approximate surface area is 162 Å². The van der Waals surface area contributed by atoms with E-state index in [9.17, 15) is 18.0 Å². The highest BCUT2D eigenvalue weighted by atomic mass is 19.4. The lowest BCUT2D eigenvalue weighted by Crippen LogP contribution is -2.35. The second-order valence-electron chi connectivity index (χ2n) is 7.33. The second kappa shape index (κ2) is 8.82. The van der Waals surface area contributed by atoms with Crippen molar-refractivity contribution in [2.24, 2.45) is 5.92 Å². The average molecular weight is 394 g/mol. The number of halogens is 3. The normalized spacial score (nSPS) is 18.2. The maximum absolute atomic E-state index is 12.9. The summed E-state index contributed by atoms with van der Waals surface area (Å²) in [6.45, 7) is 2.47. The largest absolute Gasteiger partial charge is 0.455 e. The van der Waals surface area contributed by atoms with E-state index in [0.717, 1.165) is 49.7 Å². The van der Waals surface area contributed by atoms with E-state index in [4.69, 9.17) is 4.42 Å². The van der Waals surface area contributed by atoms with Gasteiger partial charge < -0.3 is 9.73 Å². The van der Waals surface area contributed by atoms with Gasteiger partial charge in [0.05, 0.1) is 12.1 Å². The van der Waals surface area contributed by atoms with Gasteiger partial charge in [0.1, 0.15) is 5.76 Å². The number of nitrogens with one attached hydrogen (secondary N) is 1. The topological polar surface area (TPSA) is 45.5 Å². The summed E-state index contributed by atoms with van der Waals surface area (Å²) in [6, 6.07) is 9.09. The van der Waals surface area contributed by atoms with Gasteiger partial charge in [-0.25, -0.2) is 0 Å². The molecular weight excluding hydrogens is 369 g/mol. The number of aryl methyl sites for hydroxylation is 1. The molecule has 0 saturated carbocycles. The van der Waals surface area contributed by atoms with Gasteiger partial charge in [-0.15, -0.1) is 0 Å². The van der Waals surface area contributed by atoms with Gasteiger partial charge in [0.25, 0.3) is 5.91 Å². The number of nitrogens with zero attached hydrogens (tertiary/aromatic N) is 1. The Morgan fingerprint density at radius 3 is 2.86 bits per heavy atom. The summed E-state index contributed by atoms with van der Waals surface area (Å²) in [7, 11) is 1.56. The first-order chi connectivity index (χ1) is 13.3. The molecule has 1 amide bonds. The Morgan fingerprint density at radius 1 is 1.29 bits per heavy atom.